The Morgan fingerprint density at radius 2 is 1.90 bits per heavy atom. The first-order valence-corrected chi connectivity index (χ1v) is 10.6. The van der Waals surface area contributed by atoms with Crippen molar-refractivity contribution in [2.45, 2.75) is 19.8 Å². The molecule has 30 heavy (non-hydrogen) atoms. The Morgan fingerprint density at radius 1 is 1.10 bits per heavy atom. The number of fused-ring (bicyclic) bond motifs is 1. The van der Waals surface area contributed by atoms with Crippen LogP contribution in [0.5, 0.6) is 0 Å². The Morgan fingerprint density at radius 3 is 2.67 bits per heavy atom. The molecule has 0 saturated heterocycles. The highest BCUT2D eigenvalue weighted by Gasteiger charge is 2.14. The number of aromatic nitrogens is 1. The predicted octanol–water partition coefficient (Wildman–Crippen LogP) is 4.88. The van der Waals surface area contributed by atoms with Gasteiger partial charge < -0.3 is 9.73 Å². The van der Waals surface area contributed by atoms with Crippen LogP contribution in [0.4, 0.5) is 5.13 Å². The summed E-state index contributed by atoms with van der Waals surface area (Å²) in [4.78, 5) is 27.9. The van der Waals surface area contributed by atoms with E-state index in [4.69, 9.17) is 4.42 Å². The van der Waals surface area contributed by atoms with Crippen molar-refractivity contribution < 1.29 is 14.0 Å². The van der Waals surface area contributed by atoms with Crippen LogP contribution in [-0.2, 0) is 11.2 Å². The van der Waals surface area contributed by atoms with E-state index >= 15 is 0 Å². The van der Waals surface area contributed by atoms with E-state index in [9.17, 15) is 9.59 Å². The van der Waals surface area contributed by atoms with Gasteiger partial charge in [-0.2, -0.15) is 0 Å². The van der Waals surface area contributed by atoms with Gasteiger partial charge in [-0.05, 0) is 30.5 Å². The van der Waals surface area contributed by atoms with Crippen LogP contribution >= 0.6 is 11.3 Å². The molecule has 0 aliphatic heterocycles. The third-order valence-electron chi connectivity index (χ3n) is 4.64. The van der Waals surface area contributed by atoms with Crippen LogP contribution < -0.4 is 10.6 Å². The molecular weight excluding hydrogens is 398 g/mol. The molecule has 0 unspecified atom stereocenters. The Balaban J connectivity index is 1.37. The van der Waals surface area contributed by atoms with Gasteiger partial charge in [0.25, 0.3) is 5.91 Å². The molecule has 2 amide bonds. The van der Waals surface area contributed by atoms with Crippen molar-refractivity contribution in [3.63, 3.8) is 0 Å². The first kappa shape index (κ1) is 19.8. The van der Waals surface area contributed by atoms with Gasteiger partial charge in [-0.3, -0.25) is 14.9 Å². The summed E-state index contributed by atoms with van der Waals surface area (Å²) < 4.78 is 5.60. The highest BCUT2D eigenvalue weighted by atomic mass is 32.1. The summed E-state index contributed by atoms with van der Waals surface area (Å²) in [5, 5.41) is 8.93. The molecule has 7 heteroatoms. The predicted molar refractivity (Wildman–Crippen MR) is 119 cm³/mol. The largest absolute Gasteiger partial charge is 0.451 e. The molecule has 4 rings (SSSR count). The number of anilines is 1. The minimum absolute atomic E-state index is 0.00269. The first-order chi connectivity index (χ1) is 14.6. The summed E-state index contributed by atoms with van der Waals surface area (Å²) in [7, 11) is 0. The highest BCUT2D eigenvalue weighted by Crippen LogP contribution is 2.26. The number of nitrogens with one attached hydrogen (secondary N) is 2. The van der Waals surface area contributed by atoms with Crippen molar-refractivity contribution in [1.29, 1.82) is 0 Å². The average Bonchev–Trinajstić information content (AvgIpc) is 3.38. The van der Waals surface area contributed by atoms with E-state index in [0.717, 1.165) is 29.5 Å². The van der Waals surface area contributed by atoms with Crippen LogP contribution in [0.2, 0.25) is 0 Å². The lowest BCUT2D eigenvalue weighted by Gasteiger charge is -2.04. The molecular formula is C23H21N3O3S. The molecule has 0 spiro atoms. The van der Waals surface area contributed by atoms with Gasteiger partial charge in [0.1, 0.15) is 5.58 Å². The zero-order valence-electron chi connectivity index (χ0n) is 16.5. The highest BCUT2D eigenvalue weighted by molar-refractivity contribution is 7.14. The number of carbonyl (C=O) groups excluding carboxylic acids is 2. The molecule has 0 aliphatic rings. The van der Waals surface area contributed by atoms with Crippen LogP contribution in [-0.4, -0.2) is 23.3 Å². The van der Waals surface area contributed by atoms with E-state index in [1.54, 1.807) is 6.07 Å². The number of carbonyl (C=O) groups is 2. The van der Waals surface area contributed by atoms with Crippen molar-refractivity contribution in [2.24, 2.45) is 0 Å². The Bertz CT molecular complexity index is 1140. The van der Waals surface area contributed by atoms with Crippen LogP contribution in [0.3, 0.4) is 0 Å². The smallest absolute Gasteiger partial charge is 0.293 e. The topological polar surface area (TPSA) is 84.2 Å². The maximum atomic E-state index is 12.5. The zero-order chi connectivity index (χ0) is 20.9. The summed E-state index contributed by atoms with van der Waals surface area (Å²) in [5.74, 6) is -0.0599. The summed E-state index contributed by atoms with van der Waals surface area (Å²) in [5.41, 5.74) is 3.68. The number of hydrogen-bond donors (Lipinski definition) is 2. The fourth-order valence-electron chi connectivity index (χ4n) is 3.12. The van der Waals surface area contributed by atoms with E-state index in [-0.39, 0.29) is 17.6 Å². The Labute approximate surface area is 177 Å². The minimum atomic E-state index is -0.318. The fourth-order valence-corrected chi connectivity index (χ4v) is 3.83. The molecule has 0 atom stereocenters. The number of aryl methyl sites for hydroxylation is 1. The molecule has 0 fully saturated rings. The standard InChI is InChI=1S/C23H21N3O3S/c1-15(27)24-12-4-5-16-8-10-17(11-9-16)19-14-30-23(25-19)26-22(28)21-13-18-6-2-3-7-20(18)29-21/h2-3,6-11,13-14H,4-5,12H2,1H3,(H,24,27)(H,25,26,28). The zero-order valence-corrected chi connectivity index (χ0v) is 17.3. The molecule has 2 heterocycles. The van der Waals surface area contributed by atoms with Crippen molar-refractivity contribution >= 4 is 39.3 Å². The molecule has 2 aromatic heterocycles. The van der Waals surface area contributed by atoms with Crippen LogP contribution in [0, 0.1) is 0 Å². The monoisotopic (exact) mass is 419 g/mol. The van der Waals surface area contributed by atoms with Gasteiger partial charge in [0.15, 0.2) is 10.9 Å². The van der Waals surface area contributed by atoms with Gasteiger partial charge in [0.2, 0.25) is 5.91 Å². The van der Waals surface area contributed by atoms with E-state index in [1.165, 1.54) is 23.8 Å². The van der Waals surface area contributed by atoms with Crippen molar-refractivity contribution in [3.8, 4) is 11.3 Å². The van der Waals surface area contributed by atoms with Crippen LogP contribution in [0.25, 0.3) is 22.2 Å². The lowest BCUT2D eigenvalue weighted by molar-refractivity contribution is -0.118. The van der Waals surface area contributed by atoms with Crippen molar-refractivity contribution in [3.05, 3.63) is 71.3 Å². The number of rotatable bonds is 7. The molecule has 2 aromatic carbocycles. The third kappa shape index (κ3) is 4.75. The number of nitrogens with zero attached hydrogens (tertiary/aromatic N) is 1. The van der Waals surface area contributed by atoms with E-state index in [2.05, 4.69) is 27.8 Å². The molecule has 2 N–H and O–H groups in total. The normalized spacial score (nSPS) is 10.8. The van der Waals surface area contributed by atoms with Crippen LogP contribution in [0.15, 0.2) is 64.4 Å². The summed E-state index contributed by atoms with van der Waals surface area (Å²) >= 11 is 1.37. The summed E-state index contributed by atoms with van der Waals surface area (Å²) in [6, 6.07) is 17.4. The maximum Gasteiger partial charge on any atom is 0.293 e. The molecule has 0 radical (unpaired) electrons. The number of thiazole rings is 1. The number of benzene rings is 2. The molecule has 6 nitrogen and oxygen atoms in total. The first-order valence-electron chi connectivity index (χ1n) is 9.68. The molecule has 4 aromatic rings. The summed E-state index contributed by atoms with van der Waals surface area (Å²) in [6.07, 6.45) is 1.80. The van der Waals surface area contributed by atoms with Gasteiger partial charge in [-0.1, -0.05) is 42.5 Å². The van der Waals surface area contributed by atoms with Gasteiger partial charge >= 0.3 is 0 Å². The van der Waals surface area contributed by atoms with Crippen LogP contribution in [0.1, 0.15) is 29.5 Å². The van der Waals surface area contributed by atoms with Gasteiger partial charge in [-0.25, -0.2) is 4.98 Å². The Kier molecular flexibility index (Phi) is 5.90. The number of para-hydroxylation sites is 1. The van der Waals surface area contributed by atoms with Crippen molar-refractivity contribution in [2.75, 3.05) is 11.9 Å². The second-order valence-corrected chi connectivity index (χ2v) is 7.78. The van der Waals surface area contributed by atoms with Crippen molar-refractivity contribution in [1.82, 2.24) is 10.3 Å². The number of hydrogen-bond acceptors (Lipinski definition) is 5. The molecule has 0 bridgehead atoms. The fraction of sp³-hybridized carbons (Fsp3) is 0.174. The SMILES string of the molecule is CC(=O)NCCCc1ccc(-c2csc(NC(=O)c3cc4ccccc4o3)n2)cc1. The number of furan rings is 1. The van der Waals surface area contributed by atoms with E-state index in [0.29, 0.717) is 17.3 Å². The van der Waals surface area contributed by atoms with E-state index in [1.807, 2.05) is 41.8 Å². The lowest BCUT2D eigenvalue weighted by atomic mass is 10.1. The van der Waals surface area contributed by atoms with Gasteiger partial charge in [0, 0.05) is 29.8 Å². The number of amides is 2. The molecule has 0 saturated carbocycles. The van der Waals surface area contributed by atoms with Gasteiger partial charge in [-0.15, -0.1) is 11.3 Å². The van der Waals surface area contributed by atoms with Gasteiger partial charge in [0.05, 0.1) is 5.69 Å². The lowest BCUT2D eigenvalue weighted by Crippen LogP contribution is -2.21. The Hall–Kier alpha value is -3.45. The van der Waals surface area contributed by atoms with E-state index < -0.39 is 0 Å². The third-order valence-corrected chi connectivity index (χ3v) is 5.40. The molecule has 0 aliphatic carbocycles. The quantitative estimate of drug-likeness (QED) is 0.418. The average molecular weight is 420 g/mol. The second kappa shape index (κ2) is 8.92. The minimum Gasteiger partial charge on any atom is -0.451 e. The second-order valence-electron chi connectivity index (χ2n) is 6.92. The summed E-state index contributed by atoms with van der Waals surface area (Å²) in [6.45, 7) is 2.20. The molecule has 152 valence electrons. The maximum absolute atomic E-state index is 12.5.